The van der Waals surface area contributed by atoms with Crippen LogP contribution in [0, 0.1) is 6.92 Å². The Morgan fingerprint density at radius 2 is 1.97 bits per heavy atom. The molecule has 0 spiro atoms. The molecule has 0 saturated heterocycles. The maximum Gasteiger partial charge on any atom is 0.404 e. The molecule has 0 aliphatic rings. The smallest absolute Gasteiger partial charge is 0.404 e. The van der Waals surface area contributed by atoms with Gasteiger partial charge in [-0.15, -0.1) is 0 Å². The second-order valence-electron chi connectivity index (χ2n) is 7.48. The van der Waals surface area contributed by atoms with E-state index in [0.29, 0.717) is 11.3 Å². The standard InChI is InChI=1S/C22H25FN4O4S/c1-14-21(15-5-4-6-18(11-15)32(30,31)26(2)3)19-12-17(24)7-8-20(19)27(14)13-16(23)9-10-25-22(28)29/h4-9,11-12,25H,10,13,24H2,1-3H3,(H,28,29)/b16-9-. The lowest BCUT2D eigenvalue weighted by Gasteiger charge is -2.13. The van der Waals surface area contributed by atoms with Crippen LogP contribution >= 0.6 is 0 Å². The fourth-order valence-corrected chi connectivity index (χ4v) is 4.50. The maximum atomic E-state index is 14.5. The van der Waals surface area contributed by atoms with Gasteiger partial charge in [-0.3, -0.25) is 0 Å². The summed E-state index contributed by atoms with van der Waals surface area (Å²) in [5.41, 5.74) is 9.39. The van der Waals surface area contributed by atoms with Crippen LogP contribution in [0.2, 0.25) is 0 Å². The number of halogens is 1. The number of allylic oxidation sites excluding steroid dienone is 1. The molecule has 0 aliphatic carbocycles. The number of nitrogens with zero attached hydrogens (tertiary/aromatic N) is 2. The molecule has 4 N–H and O–H groups in total. The van der Waals surface area contributed by atoms with Crippen LogP contribution in [-0.2, 0) is 16.6 Å². The van der Waals surface area contributed by atoms with E-state index in [1.165, 1.54) is 26.2 Å². The molecular formula is C22H25FN4O4S. The molecule has 2 aromatic carbocycles. The fourth-order valence-electron chi connectivity index (χ4n) is 3.56. The fraction of sp³-hybridized carbons (Fsp3) is 0.227. The summed E-state index contributed by atoms with van der Waals surface area (Å²) in [6.45, 7) is 1.56. The minimum absolute atomic E-state index is 0.108. The highest BCUT2D eigenvalue weighted by atomic mass is 32.2. The van der Waals surface area contributed by atoms with Gasteiger partial charge in [-0.1, -0.05) is 12.1 Å². The maximum absolute atomic E-state index is 14.5. The summed E-state index contributed by atoms with van der Waals surface area (Å²) < 4.78 is 42.7. The van der Waals surface area contributed by atoms with E-state index in [1.807, 2.05) is 6.92 Å². The Hall–Kier alpha value is -3.37. The highest BCUT2D eigenvalue weighted by Crippen LogP contribution is 2.37. The third-order valence-electron chi connectivity index (χ3n) is 5.13. The zero-order valence-electron chi connectivity index (χ0n) is 18.0. The van der Waals surface area contributed by atoms with Crippen LogP contribution in [0.4, 0.5) is 14.9 Å². The number of nitrogen functional groups attached to an aromatic ring is 1. The number of carboxylic acid groups (broad SMARTS) is 1. The number of hydrogen-bond donors (Lipinski definition) is 3. The molecule has 32 heavy (non-hydrogen) atoms. The van der Waals surface area contributed by atoms with Crippen LogP contribution < -0.4 is 11.1 Å². The number of benzene rings is 2. The summed E-state index contributed by atoms with van der Waals surface area (Å²) in [4.78, 5) is 10.7. The van der Waals surface area contributed by atoms with Crippen LogP contribution in [0.25, 0.3) is 22.0 Å². The summed E-state index contributed by atoms with van der Waals surface area (Å²) in [6.07, 6.45) is -0.0670. The van der Waals surface area contributed by atoms with E-state index >= 15 is 0 Å². The zero-order chi connectivity index (χ0) is 23.6. The third kappa shape index (κ3) is 4.61. The van der Waals surface area contributed by atoms with E-state index in [1.54, 1.807) is 41.0 Å². The minimum Gasteiger partial charge on any atom is -0.465 e. The number of aromatic nitrogens is 1. The number of rotatable bonds is 7. The molecule has 0 fully saturated rings. The van der Waals surface area contributed by atoms with E-state index in [2.05, 4.69) is 5.32 Å². The molecule has 1 aromatic heterocycles. The minimum atomic E-state index is -3.63. The van der Waals surface area contributed by atoms with Crippen LogP contribution in [0.3, 0.4) is 0 Å². The number of nitrogens with two attached hydrogens (primary N) is 1. The number of anilines is 1. The first-order chi connectivity index (χ1) is 15.0. The van der Waals surface area contributed by atoms with E-state index in [9.17, 15) is 17.6 Å². The topological polar surface area (TPSA) is 118 Å². The van der Waals surface area contributed by atoms with Gasteiger partial charge in [-0.2, -0.15) is 0 Å². The monoisotopic (exact) mass is 460 g/mol. The van der Waals surface area contributed by atoms with Crippen molar-refractivity contribution >= 4 is 32.7 Å². The van der Waals surface area contributed by atoms with E-state index < -0.39 is 21.9 Å². The van der Waals surface area contributed by atoms with Crippen LogP contribution in [0.15, 0.2) is 59.3 Å². The molecule has 8 nitrogen and oxygen atoms in total. The van der Waals surface area contributed by atoms with Crippen LogP contribution in [0.5, 0.6) is 0 Å². The summed E-state index contributed by atoms with van der Waals surface area (Å²) in [5.74, 6) is -0.508. The van der Waals surface area contributed by atoms with E-state index in [0.717, 1.165) is 26.5 Å². The zero-order valence-corrected chi connectivity index (χ0v) is 18.8. The highest BCUT2D eigenvalue weighted by Gasteiger charge is 2.21. The number of amides is 1. The summed E-state index contributed by atoms with van der Waals surface area (Å²) in [7, 11) is -0.701. The molecule has 0 bridgehead atoms. The second-order valence-corrected chi connectivity index (χ2v) is 9.63. The number of sulfonamides is 1. The SMILES string of the molecule is Cc1c(-c2cccc(S(=O)(=O)N(C)C)c2)c2cc(N)ccc2n1C/C(F)=C/CNC(=O)O. The lowest BCUT2D eigenvalue weighted by Crippen LogP contribution is -2.22. The van der Waals surface area contributed by atoms with Gasteiger partial charge in [-0.05, 0) is 48.9 Å². The average Bonchev–Trinajstić information content (AvgIpc) is 2.98. The molecule has 0 unspecified atom stereocenters. The van der Waals surface area contributed by atoms with Gasteiger partial charge in [0.25, 0.3) is 0 Å². The molecule has 3 aromatic rings. The first-order valence-electron chi connectivity index (χ1n) is 9.75. The van der Waals surface area contributed by atoms with Crippen molar-refractivity contribution in [2.24, 2.45) is 0 Å². The lowest BCUT2D eigenvalue weighted by molar-refractivity contribution is 0.195. The Kier molecular flexibility index (Phi) is 6.56. The highest BCUT2D eigenvalue weighted by molar-refractivity contribution is 7.89. The van der Waals surface area contributed by atoms with Gasteiger partial charge in [0.05, 0.1) is 11.4 Å². The Labute approximate surface area is 185 Å². The molecule has 170 valence electrons. The van der Waals surface area contributed by atoms with Crippen LogP contribution in [-0.4, -0.2) is 49.1 Å². The van der Waals surface area contributed by atoms with Gasteiger partial charge in [0, 0.05) is 48.5 Å². The molecule has 0 aliphatic heterocycles. The van der Waals surface area contributed by atoms with Crippen molar-refractivity contribution in [3.8, 4) is 11.1 Å². The molecular weight excluding hydrogens is 435 g/mol. The number of hydrogen-bond acceptors (Lipinski definition) is 4. The van der Waals surface area contributed by atoms with Gasteiger partial charge < -0.3 is 20.7 Å². The van der Waals surface area contributed by atoms with Gasteiger partial charge in [-0.25, -0.2) is 21.9 Å². The molecule has 0 saturated carbocycles. The summed E-state index contributed by atoms with van der Waals surface area (Å²) >= 11 is 0. The Morgan fingerprint density at radius 3 is 2.62 bits per heavy atom. The number of carbonyl (C=O) groups is 1. The van der Waals surface area contributed by atoms with Crippen molar-refractivity contribution in [2.75, 3.05) is 26.4 Å². The molecule has 3 rings (SSSR count). The first kappa shape index (κ1) is 23.3. The van der Waals surface area contributed by atoms with Crippen molar-refractivity contribution < 1.29 is 22.7 Å². The first-order valence-corrected chi connectivity index (χ1v) is 11.2. The predicted molar refractivity (Wildman–Crippen MR) is 123 cm³/mol. The van der Waals surface area contributed by atoms with Gasteiger partial charge >= 0.3 is 6.09 Å². The average molecular weight is 461 g/mol. The number of nitrogens with one attached hydrogen (secondary N) is 1. The molecule has 1 amide bonds. The normalized spacial score (nSPS) is 12.5. The predicted octanol–water partition coefficient (Wildman–Crippen LogP) is 3.57. The largest absolute Gasteiger partial charge is 0.465 e. The molecule has 0 atom stereocenters. The van der Waals surface area contributed by atoms with Gasteiger partial charge in [0.15, 0.2) is 0 Å². The van der Waals surface area contributed by atoms with Crippen molar-refractivity contribution in [3.05, 3.63) is 60.1 Å². The summed E-state index contributed by atoms with van der Waals surface area (Å²) in [6, 6.07) is 11.8. The quantitative estimate of drug-likeness (QED) is 0.466. The van der Waals surface area contributed by atoms with Gasteiger partial charge in [0.2, 0.25) is 10.0 Å². The Bertz CT molecular complexity index is 1310. The van der Waals surface area contributed by atoms with Gasteiger partial charge in [0.1, 0.15) is 5.83 Å². The van der Waals surface area contributed by atoms with Crippen molar-refractivity contribution in [1.82, 2.24) is 14.2 Å². The second kappa shape index (κ2) is 9.01. The Morgan fingerprint density at radius 1 is 1.25 bits per heavy atom. The van der Waals surface area contributed by atoms with Crippen LogP contribution in [0.1, 0.15) is 5.69 Å². The van der Waals surface area contributed by atoms with Crippen molar-refractivity contribution in [2.45, 2.75) is 18.4 Å². The molecule has 1 heterocycles. The van der Waals surface area contributed by atoms with Crippen molar-refractivity contribution in [3.63, 3.8) is 0 Å². The molecule has 0 radical (unpaired) electrons. The molecule has 10 heteroatoms. The van der Waals surface area contributed by atoms with E-state index in [-0.39, 0.29) is 18.0 Å². The lowest BCUT2D eigenvalue weighted by atomic mass is 10.0. The van der Waals surface area contributed by atoms with Crippen molar-refractivity contribution in [1.29, 1.82) is 0 Å². The third-order valence-corrected chi connectivity index (χ3v) is 6.95. The summed E-state index contributed by atoms with van der Waals surface area (Å²) in [5, 5.41) is 11.5. The Balaban J connectivity index is 2.14. The number of fused-ring (bicyclic) bond motifs is 1. The van der Waals surface area contributed by atoms with E-state index in [4.69, 9.17) is 10.8 Å².